The molecule has 0 aliphatic heterocycles. The Morgan fingerprint density at radius 3 is 2.32 bits per heavy atom. The summed E-state index contributed by atoms with van der Waals surface area (Å²) in [4.78, 5) is 24.4. The van der Waals surface area contributed by atoms with Crippen LogP contribution in [-0.4, -0.2) is 22.5 Å². The number of primary amides is 1. The quantitative estimate of drug-likeness (QED) is 0.521. The zero-order chi connectivity index (χ0) is 19.7. The van der Waals surface area contributed by atoms with Crippen LogP contribution < -0.4 is 10.6 Å². The van der Waals surface area contributed by atoms with Crippen LogP contribution in [0.2, 0.25) is 0 Å². The second-order valence-corrected chi connectivity index (χ2v) is 6.20. The fourth-order valence-electron chi connectivity index (χ4n) is 3.04. The smallest absolute Gasteiger partial charge is 0.248 e. The van der Waals surface area contributed by atoms with Crippen LogP contribution in [0.1, 0.15) is 10.4 Å². The van der Waals surface area contributed by atoms with E-state index < -0.39 is 5.91 Å². The number of aromatic nitrogens is 2. The Bertz CT molecular complexity index is 1170. The van der Waals surface area contributed by atoms with Gasteiger partial charge in [-0.15, -0.1) is 0 Å². The van der Waals surface area contributed by atoms with Crippen LogP contribution in [0.15, 0.2) is 66.7 Å². The highest BCUT2D eigenvalue weighted by molar-refractivity contribution is 5.98. The topological polar surface area (TPSA) is 92.1 Å². The van der Waals surface area contributed by atoms with Crippen molar-refractivity contribution in [2.24, 2.45) is 5.73 Å². The SMILES string of the molecule is NC(=O)c1ccc(N(C=O)c2ccc3[nH]nc(-c4ccc(F)cc4)c3c2)cc1. The van der Waals surface area contributed by atoms with E-state index in [1.54, 1.807) is 42.5 Å². The lowest BCUT2D eigenvalue weighted by Gasteiger charge is -2.18. The van der Waals surface area contributed by atoms with Crippen LogP contribution in [-0.2, 0) is 4.79 Å². The Morgan fingerprint density at radius 2 is 1.68 bits per heavy atom. The van der Waals surface area contributed by atoms with Gasteiger partial charge in [0.25, 0.3) is 0 Å². The van der Waals surface area contributed by atoms with Crippen molar-refractivity contribution in [1.29, 1.82) is 0 Å². The Morgan fingerprint density at radius 1 is 1.00 bits per heavy atom. The Balaban J connectivity index is 1.77. The molecule has 6 nitrogen and oxygen atoms in total. The molecule has 138 valence electrons. The Hall–Kier alpha value is -4.00. The maximum absolute atomic E-state index is 13.2. The first-order valence-corrected chi connectivity index (χ1v) is 8.45. The van der Waals surface area contributed by atoms with Gasteiger partial charge in [-0.25, -0.2) is 4.39 Å². The van der Waals surface area contributed by atoms with Gasteiger partial charge in [0.05, 0.1) is 11.2 Å². The molecule has 1 aromatic heterocycles. The van der Waals surface area contributed by atoms with Crippen LogP contribution in [0.4, 0.5) is 15.8 Å². The maximum atomic E-state index is 13.2. The maximum Gasteiger partial charge on any atom is 0.248 e. The number of halogens is 1. The van der Waals surface area contributed by atoms with Crippen molar-refractivity contribution in [2.75, 3.05) is 4.90 Å². The van der Waals surface area contributed by atoms with Gasteiger partial charge in [-0.3, -0.25) is 19.6 Å². The van der Waals surface area contributed by atoms with Gasteiger partial charge >= 0.3 is 0 Å². The summed E-state index contributed by atoms with van der Waals surface area (Å²) in [6.07, 6.45) is 0.693. The first kappa shape index (κ1) is 17.4. The van der Waals surface area contributed by atoms with Crippen LogP contribution in [0, 0.1) is 5.82 Å². The summed E-state index contributed by atoms with van der Waals surface area (Å²) >= 11 is 0. The Labute approximate surface area is 159 Å². The minimum absolute atomic E-state index is 0.323. The molecule has 0 atom stereocenters. The number of carbonyl (C=O) groups is 2. The molecule has 0 aliphatic rings. The molecule has 0 aliphatic carbocycles. The third-order valence-electron chi connectivity index (χ3n) is 4.48. The van der Waals surface area contributed by atoms with Gasteiger partial charge in [-0.05, 0) is 66.7 Å². The van der Waals surface area contributed by atoms with Gasteiger partial charge in [0.1, 0.15) is 5.82 Å². The summed E-state index contributed by atoms with van der Waals surface area (Å²) in [5.41, 5.74) is 9.04. The minimum Gasteiger partial charge on any atom is -0.366 e. The molecule has 2 amide bonds. The number of rotatable bonds is 5. The molecule has 0 fully saturated rings. The first-order valence-electron chi connectivity index (χ1n) is 8.45. The zero-order valence-corrected chi connectivity index (χ0v) is 14.6. The highest BCUT2D eigenvalue weighted by Gasteiger charge is 2.14. The fourth-order valence-corrected chi connectivity index (χ4v) is 3.04. The normalized spacial score (nSPS) is 10.8. The van der Waals surface area contributed by atoms with Gasteiger partial charge in [-0.2, -0.15) is 5.10 Å². The molecule has 4 rings (SSSR count). The van der Waals surface area contributed by atoms with E-state index in [1.165, 1.54) is 17.0 Å². The van der Waals surface area contributed by atoms with Crippen molar-refractivity contribution >= 4 is 34.6 Å². The molecular weight excluding hydrogens is 359 g/mol. The molecule has 3 aromatic carbocycles. The molecule has 1 heterocycles. The predicted molar refractivity (Wildman–Crippen MR) is 105 cm³/mol. The number of hydrogen-bond donors (Lipinski definition) is 2. The average molecular weight is 374 g/mol. The van der Waals surface area contributed by atoms with Crippen LogP contribution in [0.25, 0.3) is 22.2 Å². The van der Waals surface area contributed by atoms with E-state index in [-0.39, 0.29) is 5.82 Å². The number of nitrogens with two attached hydrogens (primary N) is 1. The lowest BCUT2D eigenvalue weighted by Crippen LogP contribution is -2.15. The summed E-state index contributed by atoms with van der Waals surface area (Å²) < 4.78 is 13.2. The number of amides is 2. The van der Waals surface area contributed by atoms with Gasteiger partial charge in [0, 0.05) is 27.9 Å². The van der Waals surface area contributed by atoms with E-state index in [9.17, 15) is 14.0 Å². The average Bonchev–Trinajstić information content (AvgIpc) is 3.13. The van der Waals surface area contributed by atoms with E-state index in [0.29, 0.717) is 29.0 Å². The lowest BCUT2D eigenvalue weighted by molar-refractivity contribution is -0.106. The second-order valence-electron chi connectivity index (χ2n) is 6.20. The number of carbonyl (C=O) groups excluding carboxylic acids is 2. The van der Waals surface area contributed by atoms with Crippen molar-refractivity contribution in [3.8, 4) is 11.3 Å². The molecule has 0 unspecified atom stereocenters. The molecule has 4 aromatic rings. The number of nitrogens with zero attached hydrogens (tertiary/aromatic N) is 2. The van der Waals surface area contributed by atoms with Crippen molar-refractivity contribution in [3.05, 3.63) is 78.1 Å². The first-order chi connectivity index (χ1) is 13.6. The van der Waals surface area contributed by atoms with Gasteiger partial charge in [0.15, 0.2) is 0 Å². The summed E-state index contributed by atoms with van der Waals surface area (Å²) in [5.74, 6) is -0.858. The van der Waals surface area contributed by atoms with Crippen molar-refractivity contribution < 1.29 is 14.0 Å². The van der Waals surface area contributed by atoms with Gasteiger partial charge in [-0.1, -0.05) is 0 Å². The number of anilines is 2. The van der Waals surface area contributed by atoms with Crippen LogP contribution in [0.3, 0.4) is 0 Å². The van der Waals surface area contributed by atoms with E-state index in [0.717, 1.165) is 16.5 Å². The number of aromatic amines is 1. The van der Waals surface area contributed by atoms with Crippen LogP contribution in [0.5, 0.6) is 0 Å². The van der Waals surface area contributed by atoms with E-state index in [1.807, 2.05) is 12.1 Å². The number of fused-ring (bicyclic) bond motifs is 1. The highest BCUT2D eigenvalue weighted by Crippen LogP contribution is 2.32. The molecular formula is C21H15FN4O2. The minimum atomic E-state index is -0.534. The predicted octanol–water partition coefficient (Wildman–Crippen LogP) is 3.76. The number of benzene rings is 3. The van der Waals surface area contributed by atoms with Crippen molar-refractivity contribution in [2.45, 2.75) is 0 Å². The monoisotopic (exact) mass is 374 g/mol. The molecule has 3 N–H and O–H groups in total. The van der Waals surface area contributed by atoms with E-state index in [2.05, 4.69) is 10.2 Å². The number of hydrogen-bond acceptors (Lipinski definition) is 3. The molecule has 0 saturated carbocycles. The lowest BCUT2D eigenvalue weighted by atomic mass is 10.1. The third-order valence-corrected chi connectivity index (χ3v) is 4.48. The van der Waals surface area contributed by atoms with E-state index in [4.69, 9.17) is 5.73 Å². The van der Waals surface area contributed by atoms with Gasteiger partial charge in [0.2, 0.25) is 12.3 Å². The summed E-state index contributed by atoms with van der Waals surface area (Å²) in [6, 6.07) is 17.9. The van der Waals surface area contributed by atoms with E-state index >= 15 is 0 Å². The molecule has 28 heavy (non-hydrogen) atoms. The summed E-state index contributed by atoms with van der Waals surface area (Å²) in [5, 5.41) is 8.06. The largest absolute Gasteiger partial charge is 0.366 e. The second kappa shape index (κ2) is 6.96. The van der Waals surface area contributed by atoms with Crippen molar-refractivity contribution in [1.82, 2.24) is 10.2 Å². The number of H-pyrrole nitrogens is 1. The fraction of sp³-hybridized carbons (Fsp3) is 0. The molecule has 0 saturated heterocycles. The molecule has 0 bridgehead atoms. The Kier molecular flexibility index (Phi) is 4.33. The zero-order valence-electron chi connectivity index (χ0n) is 14.6. The van der Waals surface area contributed by atoms with Crippen molar-refractivity contribution in [3.63, 3.8) is 0 Å². The van der Waals surface area contributed by atoms with Gasteiger partial charge < -0.3 is 5.73 Å². The summed E-state index contributed by atoms with van der Waals surface area (Å²) in [7, 11) is 0. The molecule has 0 radical (unpaired) electrons. The molecule has 0 spiro atoms. The van der Waals surface area contributed by atoms with Crippen LogP contribution >= 0.6 is 0 Å². The highest BCUT2D eigenvalue weighted by atomic mass is 19.1. The molecule has 7 heteroatoms. The summed E-state index contributed by atoms with van der Waals surface area (Å²) in [6.45, 7) is 0. The standard InChI is InChI=1S/C21H15FN4O2/c22-15-5-1-13(2-6-15)20-18-11-17(9-10-19(18)24-25-20)26(12-27)16-7-3-14(4-8-16)21(23)28/h1-12H,(H2,23,28)(H,24,25). The number of nitrogens with one attached hydrogen (secondary N) is 1. The third kappa shape index (κ3) is 3.09.